The van der Waals surface area contributed by atoms with Gasteiger partial charge in [-0.05, 0) is 48.1 Å². The molecular weight excluding hydrogens is 344 g/mol. The van der Waals surface area contributed by atoms with Crippen LogP contribution >= 0.6 is 11.3 Å². The van der Waals surface area contributed by atoms with E-state index in [1.807, 2.05) is 35.7 Å². The number of carbonyl (C=O) groups excluding carboxylic acids is 1. The van der Waals surface area contributed by atoms with Crippen LogP contribution in [0.15, 0.2) is 35.7 Å². The van der Waals surface area contributed by atoms with E-state index < -0.39 is 10.0 Å². The molecule has 0 spiro atoms. The standard InChI is InChI=1S/C17H20N2O3S2/c1-2-24(21,22)19-8-7-13-5-6-15(10-14(13)12-19)18-17(20)11-16-4-3-9-23-16/h3-6,9-10H,2,7-8,11-12H2,1H3,(H,18,20). The maximum absolute atomic E-state index is 12.1. The molecule has 1 N–H and O–H groups in total. The van der Waals surface area contributed by atoms with Crippen LogP contribution in [-0.4, -0.2) is 30.9 Å². The van der Waals surface area contributed by atoms with E-state index in [1.54, 1.807) is 18.3 Å². The van der Waals surface area contributed by atoms with Crippen molar-refractivity contribution in [2.45, 2.75) is 26.3 Å². The average Bonchev–Trinajstić information content (AvgIpc) is 3.07. The molecule has 1 amide bonds. The molecule has 3 rings (SSSR count). The summed E-state index contributed by atoms with van der Waals surface area (Å²) < 4.78 is 25.6. The summed E-state index contributed by atoms with van der Waals surface area (Å²) in [6.07, 6.45) is 1.06. The van der Waals surface area contributed by atoms with Gasteiger partial charge in [-0.25, -0.2) is 8.42 Å². The molecule has 0 fully saturated rings. The Hall–Kier alpha value is -1.70. The Labute approximate surface area is 146 Å². The van der Waals surface area contributed by atoms with Crippen LogP contribution in [0, 0.1) is 0 Å². The van der Waals surface area contributed by atoms with Crippen molar-refractivity contribution in [3.8, 4) is 0 Å². The fourth-order valence-corrected chi connectivity index (χ4v) is 4.58. The first-order chi connectivity index (χ1) is 11.5. The number of rotatable bonds is 5. The highest BCUT2D eigenvalue weighted by Gasteiger charge is 2.25. The van der Waals surface area contributed by atoms with Crippen LogP contribution in [0.3, 0.4) is 0 Å². The third-order valence-electron chi connectivity index (χ3n) is 4.14. The van der Waals surface area contributed by atoms with E-state index in [1.165, 1.54) is 4.31 Å². The van der Waals surface area contributed by atoms with Gasteiger partial charge in [-0.3, -0.25) is 4.79 Å². The monoisotopic (exact) mass is 364 g/mol. The SMILES string of the molecule is CCS(=O)(=O)N1CCc2ccc(NC(=O)Cc3cccs3)cc2C1. The lowest BCUT2D eigenvalue weighted by atomic mass is 10.0. The second kappa shape index (κ2) is 7.04. The molecule has 0 radical (unpaired) electrons. The zero-order valence-corrected chi connectivity index (χ0v) is 15.1. The lowest BCUT2D eigenvalue weighted by molar-refractivity contribution is -0.115. The molecule has 1 aliphatic heterocycles. The van der Waals surface area contributed by atoms with Crippen LogP contribution < -0.4 is 5.32 Å². The fraction of sp³-hybridized carbons (Fsp3) is 0.353. The van der Waals surface area contributed by atoms with Gasteiger partial charge in [0.1, 0.15) is 0 Å². The van der Waals surface area contributed by atoms with Crippen molar-refractivity contribution in [1.82, 2.24) is 4.31 Å². The van der Waals surface area contributed by atoms with Gasteiger partial charge in [-0.1, -0.05) is 12.1 Å². The Balaban J connectivity index is 1.72. The number of carbonyl (C=O) groups is 1. The molecule has 0 bridgehead atoms. The van der Waals surface area contributed by atoms with Gasteiger partial charge in [0.2, 0.25) is 15.9 Å². The van der Waals surface area contributed by atoms with Crippen LogP contribution in [0.2, 0.25) is 0 Å². The Morgan fingerprint density at radius 1 is 1.29 bits per heavy atom. The van der Waals surface area contributed by atoms with Gasteiger partial charge in [0, 0.05) is 23.7 Å². The number of hydrogen-bond acceptors (Lipinski definition) is 4. The minimum Gasteiger partial charge on any atom is -0.326 e. The Kier molecular flexibility index (Phi) is 5.03. The fourth-order valence-electron chi connectivity index (χ4n) is 2.81. The van der Waals surface area contributed by atoms with Crippen molar-refractivity contribution in [3.63, 3.8) is 0 Å². The number of benzene rings is 1. The number of nitrogens with zero attached hydrogens (tertiary/aromatic N) is 1. The first-order valence-electron chi connectivity index (χ1n) is 7.90. The lowest BCUT2D eigenvalue weighted by Gasteiger charge is -2.28. The normalized spacial score (nSPS) is 15.0. The van der Waals surface area contributed by atoms with Crippen molar-refractivity contribution in [2.75, 3.05) is 17.6 Å². The van der Waals surface area contributed by atoms with E-state index in [9.17, 15) is 13.2 Å². The van der Waals surface area contributed by atoms with E-state index in [4.69, 9.17) is 0 Å². The summed E-state index contributed by atoms with van der Waals surface area (Å²) in [5.74, 6) is 0.0470. The third-order valence-corrected chi connectivity index (χ3v) is 6.84. The maximum atomic E-state index is 12.1. The van der Waals surface area contributed by atoms with Gasteiger partial charge in [-0.2, -0.15) is 4.31 Å². The Morgan fingerprint density at radius 3 is 2.83 bits per heavy atom. The minimum atomic E-state index is -3.19. The molecule has 5 nitrogen and oxygen atoms in total. The van der Waals surface area contributed by atoms with Crippen molar-refractivity contribution in [2.24, 2.45) is 0 Å². The number of thiophene rings is 1. The average molecular weight is 364 g/mol. The van der Waals surface area contributed by atoms with Gasteiger partial charge >= 0.3 is 0 Å². The molecule has 0 unspecified atom stereocenters. The molecule has 1 aromatic heterocycles. The van der Waals surface area contributed by atoms with Gasteiger partial charge < -0.3 is 5.32 Å². The van der Waals surface area contributed by atoms with E-state index in [0.717, 1.165) is 16.0 Å². The third kappa shape index (κ3) is 3.85. The molecule has 0 saturated carbocycles. The predicted octanol–water partition coefficient (Wildman–Crippen LogP) is 2.64. The van der Waals surface area contributed by atoms with Gasteiger partial charge in [0.05, 0.1) is 12.2 Å². The van der Waals surface area contributed by atoms with Crippen molar-refractivity contribution in [3.05, 3.63) is 51.7 Å². The summed E-state index contributed by atoms with van der Waals surface area (Å²) in [5, 5.41) is 4.85. The number of anilines is 1. The van der Waals surface area contributed by atoms with Gasteiger partial charge in [0.15, 0.2) is 0 Å². The second-order valence-corrected chi connectivity index (χ2v) is 9.06. The molecule has 7 heteroatoms. The van der Waals surface area contributed by atoms with Crippen LogP contribution in [0.4, 0.5) is 5.69 Å². The number of nitrogens with one attached hydrogen (secondary N) is 1. The van der Waals surface area contributed by atoms with E-state index in [0.29, 0.717) is 31.6 Å². The molecule has 0 aliphatic carbocycles. The number of hydrogen-bond donors (Lipinski definition) is 1. The van der Waals surface area contributed by atoms with E-state index in [2.05, 4.69) is 5.32 Å². The molecule has 24 heavy (non-hydrogen) atoms. The maximum Gasteiger partial charge on any atom is 0.229 e. The number of fused-ring (bicyclic) bond motifs is 1. The Bertz CT molecular complexity index is 830. The molecular formula is C17H20N2O3S2. The quantitative estimate of drug-likeness (QED) is 0.887. The summed E-state index contributed by atoms with van der Waals surface area (Å²) in [6.45, 7) is 2.56. The van der Waals surface area contributed by atoms with Crippen LogP contribution in [-0.2, 0) is 34.2 Å². The first-order valence-corrected chi connectivity index (χ1v) is 10.4. The van der Waals surface area contributed by atoms with Gasteiger partial charge in [-0.15, -0.1) is 11.3 Å². The Morgan fingerprint density at radius 2 is 2.12 bits per heavy atom. The van der Waals surface area contributed by atoms with Crippen molar-refractivity contribution in [1.29, 1.82) is 0 Å². The van der Waals surface area contributed by atoms with E-state index in [-0.39, 0.29) is 11.7 Å². The smallest absolute Gasteiger partial charge is 0.229 e. The highest BCUT2D eigenvalue weighted by Crippen LogP contribution is 2.24. The topological polar surface area (TPSA) is 66.5 Å². The first kappa shape index (κ1) is 17.1. The highest BCUT2D eigenvalue weighted by molar-refractivity contribution is 7.89. The zero-order chi connectivity index (χ0) is 17.2. The number of amides is 1. The minimum absolute atomic E-state index is 0.0637. The highest BCUT2D eigenvalue weighted by atomic mass is 32.2. The van der Waals surface area contributed by atoms with Crippen LogP contribution in [0.25, 0.3) is 0 Å². The molecule has 1 aliphatic rings. The summed E-state index contributed by atoms with van der Waals surface area (Å²) in [5.41, 5.74) is 2.83. The van der Waals surface area contributed by atoms with Gasteiger partial charge in [0.25, 0.3) is 0 Å². The zero-order valence-electron chi connectivity index (χ0n) is 13.5. The van der Waals surface area contributed by atoms with E-state index >= 15 is 0 Å². The number of sulfonamides is 1. The molecule has 0 atom stereocenters. The van der Waals surface area contributed by atoms with Crippen molar-refractivity contribution >= 4 is 33.0 Å². The lowest BCUT2D eigenvalue weighted by Crippen LogP contribution is -2.36. The molecule has 128 valence electrons. The second-order valence-electron chi connectivity index (χ2n) is 5.77. The molecule has 2 aromatic rings. The molecule has 2 heterocycles. The summed E-state index contributed by atoms with van der Waals surface area (Å²) in [7, 11) is -3.19. The molecule has 1 aromatic carbocycles. The summed E-state index contributed by atoms with van der Waals surface area (Å²) in [4.78, 5) is 13.1. The predicted molar refractivity (Wildman–Crippen MR) is 96.7 cm³/mol. The van der Waals surface area contributed by atoms with Crippen molar-refractivity contribution < 1.29 is 13.2 Å². The molecule has 0 saturated heterocycles. The largest absolute Gasteiger partial charge is 0.326 e. The summed E-state index contributed by atoms with van der Waals surface area (Å²) in [6, 6.07) is 9.61. The summed E-state index contributed by atoms with van der Waals surface area (Å²) >= 11 is 1.56. The van der Waals surface area contributed by atoms with Crippen LogP contribution in [0.1, 0.15) is 22.9 Å². The van der Waals surface area contributed by atoms with Crippen LogP contribution in [0.5, 0.6) is 0 Å².